The molecule has 0 aliphatic carbocycles. The molecule has 0 saturated carbocycles. The first-order valence-electron chi connectivity index (χ1n) is 17.4. The van der Waals surface area contributed by atoms with Crippen molar-refractivity contribution < 1.29 is 33.0 Å². The Bertz CT molecular complexity index is 1440. The Morgan fingerprint density at radius 1 is 0.694 bits per heavy atom. The van der Waals surface area contributed by atoms with Gasteiger partial charge in [-0.1, -0.05) is 133 Å². The van der Waals surface area contributed by atoms with Crippen molar-refractivity contribution in [2.24, 2.45) is 5.41 Å². The summed E-state index contributed by atoms with van der Waals surface area (Å²) in [5.74, 6) is -0.362. The fourth-order valence-corrected chi connectivity index (χ4v) is 12.0. The molecule has 0 unspecified atom stereocenters. The van der Waals surface area contributed by atoms with Crippen molar-refractivity contribution in [3.8, 4) is 0 Å². The highest BCUT2D eigenvalue weighted by Crippen LogP contribution is 2.43. The van der Waals surface area contributed by atoms with Crippen LogP contribution >= 0.6 is 0 Å². The van der Waals surface area contributed by atoms with Gasteiger partial charge in [-0.2, -0.15) is 0 Å². The highest BCUT2D eigenvalue weighted by molar-refractivity contribution is 6.99. The molecular formula is C40H58O7Si2. The van der Waals surface area contributed by atoms with Gasteiger partial charge in [0.05, 0.1) is 12.0 Å². The Morgan fingerprint density at radius 3 is 1.63 bits per heavy atom. The summed E-state index contributed by atoms with van der Waals surface area (Å²) in [7, 11) is -5.71. The van der Waals surface area contributed by atoms with Gasteiger partial charge in [0, 0.05) is 0 Å². The quantitative estimate of drug-likeness (QED) is 0.167. The molecule has 0 spiro atoms. The van der Waals surface area contributed by atoms with Crippen molar-refractivity contribution in [2.75, 3.05) is 6.61 Å². The van der Waals surface area contributed by atoms with Crippen LogP contribution in [0.5, 0.6) is 0 Å². The van der Waals surface area contributed by atoms with Crippen molar-refractivity contribution in [3.63, 3.8) is 0 Å². The molecule has 0 bridgehead atoms. The summed E-state index contributed by atoms with van der Waals surface area (Å²) in [6, 6.07) is 30.7. The van der Waals surface area contributed by atoms with Crippen LogP contribution in [0.15, 0.2) is 91.0 Å². The van der Waals surface area contributed by atoms with Crippen LogP contribution in [0, 0.1) is 5.41 Å². The van der Waals surface area contributed by atoms with E-state index in [1.165, 1.54) is 0 Å². The van der Waals surface area contributed by atoms with Gasteiger partial charge in [0.25, 0.3) is 8.32 Å². The van der Waals surface area contributed by atoms with Crippen LogP contribution in [0.25, 0.3) is 0 Å². The fourth-order valence-electron chi connectivity index (χ4n) is 6.04. The molecular weight excluding hydrogens is 649 g/mol. The zero-order valence-electron chi connectivity index (χ0n) is 31.4. The van der Waals surface area contributed by atoms with Gasteiger partial charge in [0.15, 0.2) is 14.6 Å². The van der Waals surface area contributed by atoms with E-state index in [-0.39, 0.29) is 29.3 Å². The van der Waals surface area contributed by atoms with Crippen molar-refractivity contribution >= 4 is 33.0 Å². The van der Waals surface area contributed by atoms with Crippen LogP contribution in [0.4, 0.5) is 0 Å². The summed E-state index contributed by atoms with van der Waals surface area (Å²) >= 11 is 0. The largest absolute Gasteiger partial charge is 0.462 e. The highest BCUT2D eigenvalue weighted by atomic mass is 28.4. The molecule has 1 aliphatic heterocycles. The second kappa shape index (κ2) is 15.3. The smallest absolute Gasteiger partial charge is 0.311 e. The lowest BCUT2D eigenvalue weighted by atomic mass is 9.97. The zero-order chi connectivity index (χ0) is 36.3. The Labute approximate surface area is 296 Å². The lowest BCUT2D eigenvalue weighted by molar-refractivity contribution is -0.293. The van der Waals surface area contributed by atoms with E-state index in [1.807, 2.05) is 87.5 Å². The molecule has 1 aliphatic rings. The van der Waals surface area contributed by atoms with Crippen molar-refractivity contribution in [1.29, 1.82) is 0 Å². The molecule has 7 nitrogen and oxygen atoms in total. The van der Waals surface area contributed by atoms with Crippen LogP contribution in [0.3, 0.4) is 0 Å². The topological polar surface area (TPSA) is 83.5 Å². The van der Waals surface area contributed by atoms with Crippen LogP contribution in [-0.4, -0.2) is 65.0 Å². The lowest BCUT2D eigenvalue weighted by Gasteiger charge is -2.53. The maximum absolute atomic E-state index is 13.1. The predicted octanol–water partition coefficient (Wildman–Crippen LogP) is 7.21. The van der Waals surface area contributed by atoms with Crippen LogP contribution in [0.2, 0.25) is 23.2 Å². The number of carbonyl (C=O) groups excluding carboxylic acids is 1. The average molecular weight is 707 g/mol. The van der Waals surface area contributed by atoms with Crippen molar-refractivity contribution in [3.05, 3.63) is 96.6 Å². The van der Waals surface area contributed by atoms with Gasteiger partial charge in [-0.3, -0.25) is 4.79 Å². The Balaban J connectivity index is 1.93. The van der Waals surface area contributed by atoms with E-state index in [2.05, 4.69) is 78.9 Å². The molecule has 0 amide bonds. The van der Waals surface area contributed by atoms with Gasteiger partial charge < -0.3 is 28.2 Å². The number of ether oxygens (including phenoxy) is 3. The van der Waals surface area contributed by atoms with Crippen LogP contribution in [-0.2, 0) is 34.5 Å². The van der Waals surface area contributed by atoms with Crippen LogP contribution < -0.4 is 10.4 Å². The van der Waals surface area contributed by atoms with E-state index in [4.69, 9.17) is 23.1 Å². The molecule has 9 heteroatoms. The van der Waals surface area contributed by atoms with Gasteiger partial charge in [0.2, 0.25) is 0 Å². The second-order valence-corrected chi connectivity index (χ2v) is 25.8. The summed E-state index contributed by atoms with van der Waals surface area (Å²) in [5, 5.41) is 13.4. The molecule has 1 heterocycles. The fraction of sp³-hybridized carbons (Fsp3) is 0.525. The minimum atomic E-state index is -3.20. The number of rotatable bonds is 11. The minimum Gasteiger partial charge on any atom is -0.462 e. The van der Waals surface area contributed by atoms with Gasteiger partial charge >= 0.3 is 5.97 Å². The van der Waals surface area contributed by atoms with Crippen LogP contribution in [0.1, 0.15) is 67.9 Å². The normalized spacial score (nSPS) is 22.5. The highest BCUT2D eigenvalue weighted by Gasteiger charge is 2.58. The Hall–Kier alpha value is -2.64. The molecule has 268 valence electrons. The van der Waals surface area contributed by atoms with E-state index in [0.29, 0.717) is 0 Å². The first-order valence-corrected chi connectivity index (χ1v) is 22.2. The molecule has 3 aromatic rings. The van der Waals surface area contributed by atoms with Gasteiger partial charge in [-0.05, 0) is 59.9 Å². The molecule has 4 rings (SSSR count). The van der Waals surface area contributed by atoms with Gasteiger partial charge in [0.1, 0.15) is 31.0 Å². The summed E-state index contributed by atoms with van der Waals surface area (Å²) in [6.45, 7) is 23.2. The SMILES string of the molecule is CC(C)(C)C(=O)OC[C@H]1O[C@H](O)[C@@H](OCc2ccccc2)[C@@H](O[Si](C)(C)C(C)(C)C)[C@@H]1O[Si](c1ccccc1)(c1ccccc1)C(C)(C)C. The zero-order valence-corrected chi connectivity index (χ0v) is 33.4. The summed E-state index contributed by atoms with van der Waals surface area (Å²) in [6.07, 6.45) is -4.58. The monoisotopic (exact) mass is 706 g/mol. The standard InChI is InChI=1S/C40H58O7Si2/c1-38(2,3)37(42)44-28-32-33(47-49(40(7,8)9,30-23-17-13-18-24-30)31-25-19-14-20-26-31)34(46-48(10,11)39(4,5)6)35(36(41)45-32)43-27-29-21-15-12-16-22-29/h12-26,32-36,41H,27-28H2,1-11H3/t32-,33-,34+,35+,36+/m1/s1. The summed E-state index contributed by atoms with van der Waals surface area (Å²) in [5.41, 5.74) is 0.242. The van der Waals surface area contributed by atoms with E-state index < -0.39 is 52.8 Å². The predicted molar refractivity (Wildman–Crippen MR) is 201 cm³/mol. The first-order chi connectivity index (χ1) is 22.8. The van der Waals surface area contributed by atoms with Crippen molar-refractivity contribution in [2.45, 2.75) is 123 Å². The second-order valence-electron chi connectivity index (χ2n) is 16.8. The van der Waals surface area contributed by atoms with E-state index in [1.54, 1.807) is 0 Å². The summed E-state index contributed by atoms with van der Waals surface area (Å²) in [4.78, 5) is 13.1. The maximum Gasteiger partial charge on any atom is 0.311 e. The third kappa shape index (κ3) is 9.00. The Morgan fingerprint density at radius 2 is 1.18 bits per heavy atom. The molecule has 5 atom stereocenters. The molecule has 1 saturated heterocycles. The molecule has 0 aromatic heterocycles. The number of aliphatic hydroxyl groups excluding tert-OH is 1. The molecule has 3 aromatic carbocycles. The lowest BCUT2D eigenvalue weighted by Crippen LogP contribution is -2.73. The minimum absolute atomic E-state index is 0.112. The number of aliphatic hydroxyl groups is 1. The summed E-state index contributed by atoms with van der Waals surface area (Å²) < 4.78 is 34.0. The number of esters is 1. The van der Waals surface area contributed by atoms with E-state index >= 15 is 0 Å². The number of hydrogen-bond acceptors (Lipinski definition) is 7. The third-order valence-electron chi connectivity index (χ3n) is 9.85. The average Bonchev–Trinajstić information content (AvgIpc) is 3.02. The number of benzene rings is 3. The maximum atomic E-state index is 13.1. The first kappa shape index (κ1) is 39.2. The number of carbonyl (C=O) groups is 1. The molecule has 0 radical (unpaired) electrons. The van der Waals surface area contributed by atoms with E-state index in [0.717, 1.165) is 15.9 Å². The van der Waals surface area contributed by atoms with Gasteiger partial charge in [-0.15, -0.1) is 0 Å². The van der Waals surface area contributed by atoms with E-state index in [9.17, 15) is 9.90 Å². The molecule has 49 heavy (non-hydrogen) atoms. The van der Waals surface area contributed by atoms with Gasteiger partial charge in [-0.25, -0.2) is 0 Å². The molecule has 1 N–H and O–H groups in total. The Kier molecular flexibility index (Phi) is 12.2. The third-order valence-corrected chi connectivity index (χ3v) is 19.4. The molecule has 1 fully saturated rings. The number of hydrogen-bond donors (Lipinski definition) is 1. The van der Waals surface area contributed by atoms with Crippen molar-refractivity contribution in [1.82, 2.24) is 0 Å².